The van der Waals surface area contributed by atoms with Crippen LogP contribution in [-0.4, -0.2) is 48.7 Å². The maximum atomic E-state index is 12.4. The van der Waals surface area contributed by atoms with Crippen LogP contribution in [0.3, 0.4) is 0 Å². The Morgan fingerprint density at radius 1 is 1.24 bits per heavy atom. The van der Waals surface area contributed by atoms with Crippen molar-refractivity contribution in [2.75, 3.05) is 43.5 Å². The Bertz CT molecular complexity index is 851. The Kier molecular flexibility index (Phi) is 6.59. The molecule has 1 atom stereocenters. The normalized spacial score (nSPS) is 19.8. The van der Waals surface area contributed by atoms with Crippen molar-refractivity contribution in [2.24, 2.45) is 11.8 Å². The Morgan fingerprint density at radius 3 is 2.90 bits per heavy atom. The van der Waals surface area contributed by atoms with Crippen molar-refractivity contribution in [3.63, 3.8) is 0 Å². The van der Waals surface area contributed by atoms with Crippen LogP contribution in [0.15, 0.2) is 30.5 Å². The molecule has 0 aromatic carbocycles. The van der Waals surface area contributed by atoms with Gasteiger partial charge >= 0.3 is 0 Å². The first-order valence-corrected chi connectivity index (χ1v) is 10.5. The van der Waals surface area contributed by atoms with Gasteiger partial charge in [-0.2, -0.15) is 0 Å². The van der Waals surface area contributed by atoms with E-state index in [1.807, 2.05) is 18.2 Å². The minimum absolute atomic E-state index is 0.0180. The zero-order chi connectivity index (χ0) is 20.1. The summed E-state index contributed by atoms with van der Waals surface area (Å²) in [4.78, 5) is 21.3. The average Bonchev–Trinajstić information content (AvgIpc) is 3.30. The van der Waals surface area contributed by atoms with Crippen LogP contribution in [0.25, 0.3) is 11.3 Å². The predicted octanol–water partition coefficient (Wildman–Crippen LogP) is 3.18. The lowest BCUT2D eigenvalue weighted by molar-refractivity contribution is -0.119. The van der Waals surface area contributed by atoms with Crippen LogP contribution in [0, 0.1) is 11.8 Å². The fraction of sp³-hybridized carbons (Fsp3) is 0.476. The first kappa shape index (κ1) is 20.1. The summed E-state index contributed by atoms with van der Waals surface area (Å²) >= 11 is 6.39. The molecule has 154 valence electrons. The van der Waals surface area contributed by atoms with Crippen LogP contribution in [0.1, 0.15) is 19.3 Å². The van der Waals surface area contributed by atoms with Crippen molar-refractivity contribution in [1.82, 2.24) is 15.3 Å². The Morgan fingerprint density at radius 2 is 2.10 bits per heavy atom. The van der Waals surface area contributed by atoms with Crippen molar-refractivity contribution in [1.29, 1.82) is 0 Å². The molecule has 0 aliphatic carbocycles. The number of pyridine rings is 2. The number of aromatic nitrogens is 2. The molecule has 2 aromatic heterocycles. The van der Waals surface area contributed by atoms with Crippen molar-refractivity contribution in [3.8, 4) is 11.3 Å². The van der Waals surface area contributed by atoms with E-state index in [-0.39, 0.29) is 11.8 Å². The van der Waals surface area contributed by atoms with Crippen molar-refractivity contribution in [2.45, 2.75) is 19.3 Å². The van der Waals surface area contributed by atoms with E-state index in [1.54, 1.807) is 12.3 Å². The van der Waals surface area contributed by atoms with Crippen molar-refractivity contribution >= 4 is 29.1 Å². The van der Waals surface area contributed by atoms with E-state index in [9.17, 15) is 4.79 Å². The van der Waals surface area contributed by atoms with Crippen LogP contribution in [0.4, 0.5) is 11.6 Å². The van der Waals surface area contributed by atoms with Gasteiger partial charge in [0.2, 0.25) is 5.91 Å². The van der Waals surface area contributed by atoms with Crippen LogP contribution in [-0.2, 0) is 9.53 Å². The SMILES string of the molecule is O=C(Nc1cc(-c2cccc(NCC3CCOCC3)n2)c(Cl)cn1)C1CCNC1. The maximum Gasteiger partial charge on any atom is 0.229 e. The second-order valence-corrected chi connectivity index (χ2v) is 7.98. The van der Waals surface area contributed by atoms with E-state index in [2.05, 4.69) is 20.9 Å². The topological polar surface area (TPSA) is 88.2 Å². The van der Waals surface area contributed by atoms with Gasteiger partial charge in [-0.05, 0) is 49.9 Å². The molecule has 0 bridgehead atoms. The van der Waals surface area contributed by atoms with Gasteiger partial charge in [-0.3, -0.25) is 4.79 Å². The summed E-state index contributed by atoms with van der Waals surface area (Å²) in [5.41, 5.74) is 1.49. The smallest absolute Gasteiger partial charge is 0.229 e. The predicted molar refractivity (Wildman–Crippen MR) is 114 cm³/mol. The maximum absolute atomic E-state index is 12.4. The molecule has 2 saturated heterocycles. The summed E-state index contributed by atoms with van der Waals surface area (Å²) < 4.78 is 5.42. The fourth-order valence-electron chi connectivity index (χ4n) is 3.69. The highest BCUT2D eigenvalue weighted by Crippen LogP contribution is 2.29. The van der Waals surface area contributed by atoms with Crippen LogP contribution < -0.4 is 16.0 Å². The summed E-state index contributed by atoms with van der Waals surface area (Å²) in [5, 5.41) is 10.0. The van der Waals surface area contributed by atoms with E-state index in [0.29, 0.717) is 23.3 Å². The molecule has 8 heteroatoms. The highest BCUT2D eigenvalue weighted by Gasteiger charge is 2.23. The molecule has 2 fully saturated rings. The van der Waals surface area contributed by atoms with Gasteiger partial charge in [0.1, 0.15) is 11.6 Å². The number of nitrogens with one attached hydrogen (secondary N) is 3. The summed E-state index contributed by atoms with van der Waals surface area (Å²) in [6.07, 6.45) is 4.54. The number of hydrogen-bond acceptors (Lipinski definition) is 6. The molecule has 1 unspecified atom stereocenters. The molecule has 0 saturated carbocycles. The third-order valence-corrected chi connectivity index (χ3v) is 5.78. The molecule has 7 nitrogen and oxygen atoms in total. The Hall–Kier alpha value is -2.22. The third-order valence-electron chi connectivity index (χ3n) is 5.48. The number of amides is 1. The van der Waals surface area contributed by atoms with Gasteiger partial charge in [-0.25, -0.2) is 9.97 Å². The Labute approximate surface area is 175 Å². The molecule has 4 rings (SSSR count). The summed E-state index contributed by atoms with van der Waals surface area (Å²) in [6.45, 7) is 4.11. The van der Waals surface area contributed by atoms with Gasteiger partial charge in [-0.15, -0.1) is 0 Å². The molecule has 2 aliphatic rings. The first-order chi connectivity index (χ1) is 14.2. The van der Waals surface area contributed by atoms with E-state index < -0.39 is 0 Å². The lowest BCUT2D eigenvalue weighted by Crippen LogP contribution is -2.25. The number of rotatable bonds is 6. The lowest BCUT2D eigenvalue weighted by atomic mass is 10.0. The highest BCUT2D eigenvalue weighted by atomic mass is 35.5. The molecule has 2 aromatic rings. The number of anilines is 2. The van der Waals surface area contributed by atoms with Crippen LogP contribution >= 0.6 is 11.6 Å². The lowest BCUT2D eigenvalue weighted by Gasteiger charge is -2.22. The second-order valence-electron chi connectivity index (χ2n) is 7.57. The third kappa shape index (κ3) is 5.23. The van der Waals surface area contributed by atoms with Gasteiger partial charge in [-0.1, -0.05) is 17.7 Å². The molecular weight excluding hydrogens is 390 g/mol. The molecule has 29 heavy (non-hydrogen) atoms. The molecular formula is C21H26ClN5O2. The number of carbonyl (C=O) groups is 1. The quantitative estimate of drug-likeness (QED) is 0.671. The number of hydrogen-bond donors (Lipinski definition) is 3. The van der Waals surface area contributed by atoms with Gasteiger partial charge in [0.05, 0.1) is 16.6 Å². The van der Waals surface area contributed by atoms with Gasteiger partial charge < -0.3 is 20.7 Å². The number of ether oxygens (including phenoxy) is 1. The number of nitrogens with zero attached hydrogens (tertiary/aromatic N) is 2. The van der Waals surface area contributed by atoms with E-state index >= 15 is 0 Å². The largest absolute Gasteiger partial charge is 0.381 e. The first-order valence-electron chi connectivity index (χ1n) is 10.2. The average molecular weight is 416 g/mol. The van der Waals surface area contributed by atoms with Crippen LogP contribution in [0.5, 0.6) is 0 Å². The fourth-order valence-corrected chi connectivity index (χ4v) is 3.89. The van der Waals surface area contributed by atoms with E-state index in [4.69, 9.17) is 21.3 Å². The van der Waals surface area contributed by atoms with Crippen molar-refractivity contribution in [3.05, 3.63) is 35.5 Å². The van der Waals surface area contributed by atoms with Gasteiger partial charge in [0.15, 0.2) is 0 Å². The summed E-state index contributed by atoms with van der Waals surface area (Å²) in [5.74, 6) is 1.86. The Balaban J connectivity index is 1.46. The molecule has 2 aliphatic heterocycles. The zero-order valence-corrected chi connectivity index (χ0v) is 17.0. The van der Waals surface area contributed by atoms with Gasteiger partial charge in [0.25, 0.3) is 0 Å². The van der Waals surface area contributed by atoms with Gasteiger partial charge in [0, 0.05) is 38.1 Å². The molecule has 3 N–H and O–H groups in total. The molecule has 4 heterocycles. The minimum atomic E-state index is -0.0215. The highest BCUT2D eigenvalue weighted by molar-refractivity contribution is 6.33. The van der Waals surface area contributed by atoms with Crippen molar-refractivity contribution < 1.29 is 9.53 Å². The standard InChI is InChI=1S/C21H26ClN5O2/c22-17-13-25-20(27-21(28)15-4-7-23-12-15)10-16(17)18-2-1-3-19(26-18)24-11-14-5-8-29-9-6-14/h1-3,10,13-15,23H,4-9,11-12H2,(H,24,26)(H,25,27,28). The van der Waals surface area contributed by atoms with Crippen LogP contribution in [0.2, 0.25) is 5.02 Å². The number of halogens is 1. The zero-order valence-electron chi connectivity index (χ0n) is 16.3. The minimum Gasteiger partial charge on any atom is -0.381 e. The number of carbonyl (C=O) groups excluding carboxylic acids is 1. The molecule has 1 amide bonds. The van der Waals surface area contributed by atoms with E-state index in [1.165, 1.54) is 0 Å². The van der Waals surface area contributed by atoms with E-state index in [0.717, 1.165) is 62.6 Å². The second kappa shape index (κ2) is 9.52. The molecule has 0 radical (unpaired) electrons. The molecule has 0 spiro atoms. The summed E-state index contributed by atoms with van der Waals surface area (Å²) in [7, 11) is 0. The monoisotopic (exact) mass is 415 g/mol. The summed E-state index contributed by atoms with van der Waals surface area (Å²) in [6, 6.07) is 7.60.